The van der Waals surface area contributed by atoms with Crippen molar-refractivity contribution in [2.75, 3.05) is 12.4 Å². The van der Waals surface area contributed by atoms with E-state index >= 15 is 0 Å². The summed E-state index contributed by atoms with van der Waals surface area (Å²) in [5.74, 6) is 0. The molecule has 0 amide bonds. The first kappa shape index (κ1) is 14.3. The number of hydrogen-bond donors (Lipinski definition) is 1. The Morgan fingerprint density at radius 3 is 2.63 bits per heavy atom. The quantitative estimate of drug-likeness (QED) is 0.675. The summed E-state index contributed by atoms with van der Waals surface area (Å²) in [6.07, 6.45) is 4.28. The molecule has 0 radical (unpaired) electrons. The van der Waals surface area contributed by atoms with E-state index in [9.17, 15) is 10.1 Å². The number of halogens is 1. The van der Waals surface area contributed by atoms with Gasteiger partial charge in [0.25, 0.3) is 5.69 Å². The second kappa shape index (κ2) is 6.34. The van der Waals surface area contributed by atoms with Crippen LogP contribution in [0.2, 0.25) is 0 Å². The van der Waals surface area contributed by atoms with Crippen LogP contribution in [-0.4, -0.2) is 24.2 Å². The molecule has 0 heterocycles. The number of nitrogens with zero attached hydrogens (tertiary/aromatic N) is 1. The van der Waals surface area contributed by atoms with Crippen molar-refractivity contribution in [3.63, 3.8) is 0 Å². The third-order valence-electron chi connectivity index (χ3n) is 3.52. The van der Waals surface area contributed by atoms with E-state index in [1.807, 2.05) is 6.07 Å². The molecule has 0 aliphatic heterocycles. The van der Waals surface area contributed by atoms with Crippen LogP contribution in [0.4, 0.5) is 11.4 Å². The fourth-order valence-electron chi connectivity index (χ4n) is 2.44. The molecular weight excluding hydrogens is 312 g/mol. The number of hydrogen-bond acceptors (Lipinski definition) is 4. The topological polar surface area (TPSA) is 64.4 Å². The molecule has 2 rings (SSSR count). The highest BCUT2D eigenvalue weighted by Gasteiger charge is 2.23. The summed E-state index contributed by atoms with van der Waals surface area (Å²) >= 11 is 3.26. The second-order valence-corrected chi connectivity index (χ2v) is 5.69. The van der Waals surface area contributed by atoms with E-state index in [4.69, 9.17) is 4.74 Å². The highest BCUT2D eigenvalue weighted by Crippen LogP contribution is 2.31. The van der Waals surface area contributed by atoms with E-state index in [2.05, 4.69) is 21.2 Å². The van der Waals surface area contributed by atoms with Gasteiger partial charge in [0, 0.05) is 23.7 Å². The molecule has 1 aliphatic rings. The zero-order valence-corrected chi connectivity index (χ0v) is 12.4. The summed E-state index contributed by atoms with van der Waals surface area (Å²) in [6, 6.07) is 5.38. The number of benzene rings is 1. The molecule has 1 saturated carbocycles. The van der Waals surface area contributed by atoms with E-state index < -0.39 is 0 Å². The minimum absolute atomic E-state index is 0.114. The van der Waals surface area contributed by atoms with E-state index in [0.29, 0.717) is 16.3 Å². The molecule has 0 saturated heterocycles. The monoisotopic (exact) mass is 328 g/mol. The lowest BCUT2D eigenvalue weighted by Gasteiger charge is -2.28. The highest BCUT2D eigenvalue weighted by atomic mass is 79.9. The number of nitrogens with one attached hydrogen (secondary N) is 1. The number of anilines is 1. The Morgan fingerprint density at radius 2 is 2.05 bits per heavy atom. The fraction of sp³-hybridized carbons (Fsp3) is 0.538. The molecule has 1 aliphatic carbocycles. The van der Waals surface area contributed by atoms with Crippen molar-refractivity contribution < 1.29 is 9.66 Å². The van der Waals surface area contributed by atoms with Crippen molar-refractivity contribution in [1.29, 1.82) is 0 Å². The zero-order valence-electron chi connectivity index (χ0n) is 10.8. The Balaban J connectivity index is 2.05. The first-order valence-electron chi connectivity index (χ1n) is 6.33. The summed E-state index contributed by atoms with van der Waals surface area (Å²) in [4.78, 5) is 10.7. The predicted molar refractivity (Wildman–Crippen MR) is 77.5 cm³/mol. The SMILES string of the molecule is CO[C@H]1CC[C@H](Nc2ccc(Br)cc2[N+](=O)[O-])CC1. The van der Waals surface area contributed by atoms with Crippen LogP contribution in [0, 0.1) is 10.1 Å². The van der Waals surface area contributed by atoms with E-state index in [-0.39, 0.29) is 16.7 Å². The minimum atomic E-state index is -0.353. The summed E-state index contributed by atoms with van der Waals surface area (Å²) in [5, 5.41) is 14.3. The number of nitro benzene ring substituents is 1. The standard InChI is InChI=1S/C13H17BrN2O3/c1-19-11-5-3-10(4-6-11)15-12-7-2-9(14)8-13(12)16(17)18/h2,7-8,10-11,15H,3-6H2,1H3/t10-,11-. The molecule has 0 aromatic heterocycles. The van der Waals surface area contributed by atoms with Gasteiger partial charge in [0.2, 0.25) is 0 Å². The van der Waals surface area contributed by atoms with E-state index in [1.165, 1.54) is 6.07 Å². The normalized spacial score (nSPS) is 23.1. The number of rotatable bonds is 4. The third-order valence-corrected chi connectivity index (χ3v) is 4.02. The summed E-state index contributed by atoms with van der Waals surface area (Å²) in [7, 11) is 1.73. The Labute approximate surface area is 120 Å². The van der Waals surface area contributed by atoms with Gasteiger partial charge in [-0.05, 0) is 37.8 Å². The van der Waals surface area contributed by atoms with Gasteiger partial charge >= 0.3 is 0 Å². The van der Waals surface area contributed by atoms with E-state index in [1.54, 1.807) is 13.2 Å². The predicted octanol–water partition coefficient (Wildman–Crippen LogP) is 3.73. The molecule has 0 bridgehead atoms. The van der Waals surface area contributed by atoms with Gasteiger partial charge in [0.1, 0.15) is 5.69 Å². The highest BCUT2D eigenvalue weighted by molar-refractivity contribution is 9.10. The number of ether oxygens (including phenoxy) is 1. The van der Waals surface area contributed by atoms with Gasteiger partial charge in [-0.2, -0.15) is 0 Å². The summed E-state index contributed by atoms with van der Waals surface area (Å²) in [5.41, 5.74) is 0.706. The van der Waals surface area contributed by atoms with Gasteiger partial charge in [0.05, 0.1) is 11.0 Å². The van der Waals surface area contributed by atoms with Crippen molar-refractivity contribution >= 4 is 27.3 Å². The van der Waals surface area contributed by atoms with Crippen molar-refractivity contribution in [3.05, 3.63) is 32.8 Å². The lowest BCUT2D eigenvalue weighted by Crippen LogP contribution is -2.29. The molecule has 5 nitrogen and oxygen atoms in total. The molecule has 0 spiro atoms. The second-order valence-electron chi connectivity index (χ2n) is 4.77. The Hall–Kier alpha value is -1.14. The van der Waals surface area contributed by atoms with E-state index in [0.717, 1.165) is 25.7 Å². The average molecular weight is 329 g/mol. The lowest BCUT2D eigenvalue weighted by atomic mass is 9.93. The molecule has 1 N–H and O–H groups in total. The van der Waals surface area contributed by atoms with Crippen LogP contribution in [0.5, 0.6) is 0 Å². The Bertz CT molecular complexity index is 459. The van der Waals surface area contributed by atoms with Gasteiger partial charge in [-0.15, -0.1) is 0 Å². The molecule has 104 valence electrons. The van der Waals surface area contributed by atoms with Crippen molar-refractivity contribution in [3.8, 4) is 0 Å². The maximum atomic E-state index is 11.0. The molecular formula is C13H17BrN2O3. The fourth-order valence-corrected chi connectivity index (χ4v) is 2.79. The van der Waals surface area contributed by atoms with Gasteiger partial charge in [-0.3, -0.25) is 10.1 Å². The van der Waals surface area contributed by atoms with Gasteiger partial charge in [-0.25, -0.2) is 0 Å². The molecule has 1 aromatic carbocycles. The van der Waals surface area contributed by atoms with Crippen molar-refractivity contribution in [2.45, 2.75) is 37.8 Å². The molecule has 0 atom stereocenters. The molecule has 1 aromatic rings. The van der Waals surface area contributed by atoms with Gasteiger partial charge in [-0.1, -0.05) is 15.9 Å². The number of methoxy groups -OCH3 is 1. The third kappa shape index (κ3) is 3.67. The summed E-state index contributed by atoms with van der Waals surface area (Å²) in [6.45, 7) is 0. The first-order valence-corrected chi connectivity index (χ1v) is 7.12. The maximum absolute atomic E-state index is 11.0. The van der Waals surface area contributed by atoms with Crippen molar-refractivity contribution in [1.82, 2.24) is 0 Å². The summed E-state index contributed by atoms with van der Waals surface area (Å²) < 4.78 is 6.04. The lowest BCUT2D eigenvalue weighted by molar-refractivity contribution is -0.384. The zero-order chi connectivity index (χ0) is 13.8. The van der Waals surface area contributed by atoms with Crippen LogP contribution in [-0.2, 0) is 4.74 Å². The number of nitro groups is 1. The van der Waals surface area contributed by atoms with Crippen LogP contribution in [0.25, 0.3) is 0 Å². The smallest absolute Gasteiger partial charge is 0.293 e. The maximum Gasteiger partial charge on any atom is 0.293 e. The van der Waals surface area contributed by atoms with Crippen molar-refractivity contribution in [2.24, 2.45) is 0 Å². The van der Waals surface area contributed by atoms with Crippen LogP contribution in [0.15, 0.2) is 22.7 Å². The van der Waals surface area contributed by atoms with Gasteiger partial charge < -0.3 is 10.1 Å². The average Bonchev–Trinajstić information content (AvgIpc) is 2.41. The van der Waals surface area contributed by atoms with Crippen LogP contribution in [0.1, 0.15) is 25.7 Å². The van der Waals surface area contributed by atoms with Crippen LogP contribution >= 0.6 is 15.9 Å². The molecule has 19 heavy (non-hydrogen) atoms. The Kier molecular flexibility index (Phi) is 4.76. The molecule has 0 unspecified atom stereocenters. The van der Waals surface area contributed by atoms with Crippen LogP contribution < -0.4 is 5.32 Å². The largest absolute Gasteiger partial charge is 0.381 e. The first-order chi connectivity index (χ1) is 9.10. The minimum Gasteiger partial charge on any atom is -0.381 e. The molecule has 1 fully saturated rings. The Morgan fingerprint density at radius 1 is 1.37 bits per heavy atom. The van der Waals surface area contributed by atoms with Crippen LogP contribution in [0.3, 0.4) is 0 Å². The van der Waals surface area contributed by atoms with Gasteiger partial charge in [0.15, 0.2) is 0 Å². The molecule has 6 heteroatoms.